The van der Waals surface area contributed by atoms with Gasteiger partial charge in [0.05, 0.1) is 5.92 Å². The molecule has 4 atom stereocenters. The number of nitrogens with zero attached hydrogens (tertiary/aromatic N) is 3. The summed E-state index contributed by atoms with van der Waals surface area (Å²) in [6.07, 6.45) is 3.63. The Hall–Kier alpha value is -2.46. The van der Waals surface area contributed by atoms with Gasteiger partial charge in [0.25, 0.3) is 0 Å². The molecule has 2 saturated heterocycles. The topological polar surface area (TPSA) is 42.2 Å². The number of fused-ring (bicyclic) bond motifs is 2. The number of hydrogen-bond donors (Lipinski definition) is 0. The van der Waals surface area contributed by atoms with Crippen molar-refractivity contribution in [1.29, 1.82) is 0 Å². The fraction of sp³-hybridized carbons (Fsp3) is 0.391. The van der Waals surface area contributed by atoms with Crippen LogP contribution in [0.1, 0.15) is 48.1 Å². The largest absolute Gasteiger partial charge is 0.339 e. The van der Waals surface area contributed by atoms with E-state index in [9.17, 15) is 0 Å². The molecule has 0 N–H and O–H groups in total. The van der Waals surface area contributed by atoms with E-state index in [0.29, 0.717) is 23.8 Å². The number of aromatic nitrogens is 2. The van der Waals surface area contributed by atoms with Gasteiger partial charge in [0.2, 0.25) is 11.7 Å². The monoisotopic (exact) mass is 359 g/mol. The molecule has 3 heterocycles. The van der Waals surface area contributed by atoms with E-state index >= 15 is 0 Å². The van der Waals surface area contributed by atoms with Crippen LogP contribution in [0.15, 0.2) is 59.1 Å². The lowest BCUT2D eigenvalue weighted by molar-refractivity contribution is 0.120. The minimum absolute atomic E-state index is 0.251. The zero-order valence-corrected chi connectivity index (χ0v) is 15.9. The minimum Gasteiger partial charge on any atom is -0.339 e. The highest BCUT2D eigenvalue weighted by molar-refractivity contribution is 5.53. The highest BCUT2D eigenvalue weighted by Crippen LogP contribution is 2.50. The molecule has 2 aromatic carbocycles. The molecule has 4 nitrogen and oxygen atoms in total. The summed E-state index contributed by atoms with van der Waals surface area (Å²) in [6.45, 7) is 2.14. The molecule has 2 aliphatic rings. The fourth-order valence-corrected chi connectivity index (χ4v) is 5.03. The zero-order chi connectivity index (χ0) is 18.4. The summed E-state index contributed by atoms with van der Waals surface area (Å²) < 4.78 is 5.85. The molecule has 2 aliphatic heterocycles. The van der Waals surface area contributed by atoms with Gasteiger partial charge in [-0.25, -0.2) is 0 Å². The quantitative estimate of drug-likeness (QED) is 0.675. The first-order chi connectivity index (χ1) is 13.2. The van der Waals surface area contributed by atoms with Crippen molar-refractivity contribution in [2.75, 3.05) is 7.05 Å². The van der Waals surface area contributed by atoms with E-state index in [1.165, 1.54) is 24.0 Å². The molecular formula is C23H25N3O. The van der Waals surface area contributed by atoms with Crippen molar-refractivity contribution in [3.63, 3.8) is 0 Å². The van der Waals surface area contributed by atoms with Crippen LogP contribution in [0.3, 0.4) is 0 Å². The van der Waals surface area contributed by atoms with E-state index in [-0.39, 0.29) is 5.92 Å². The second-order valence-electron chi connectivity index (χ2n) is 8.06. The first-order valence-electron chi connectivity index (χ1n) is 9.88. The SMILES string of the molecule is Cc1ccc([C@H]2CC3CCC([C@H]2c2nc(-c4ccccc4)no2)N3C)cc1. The molecule has 2 fully saturated rings. The molecule has 138 valence electrons. The molecule has 0 radical (unpaired) electrons. The number of benzene rings is 2. The summed E-state index contributed by atoms with van der Waals surface area (Å²) in [5.41, 5.74) is 3.71. The van der Waals surface area contributed by atoms with Gasteiger partial charge in [-0.1, -0.05) is 65.3 Å². The van der Waals surface area contributed by atoms with Crippen molar-refractivity contribution in [2.45, 2.75) is 50.1 Å². The minimum atomic E-state index is 0.251. The average Bonchev–Trinajstić information content (AvgIpc) is 3.26. The molecule has 0 amide bonds. The predicted molar refractivity (Wildman–Crippen MR) is 106 cm³/mol. The van der Waals surface area contributed by atoms with Gasteiger partial charge in [0.15, 0.2) is 0 Å². The number of hydrogen-bond acceptors (Lipinski definition) is 4. The maximum absolute atomic E-state index is 5.85. The number of aryl methyl sites for hydroxylation is 1. The van der Waals surface area contributed by atoms with E-state index in [1.807, 2.05) is 30.3 Å². The molecule has 27 heavy (non-hydrogen) atoms. The van der Waals surface area contributed by atoms with E-state index in [1.54, 1.807) is 0 Å². The summed E-state index contributed by atoms with van der Waals surface area (Å²) in [5, 5.41) is 4.31. The van der Waals surface area contributed by atoms with Gasteiger partial charge >= 0.3 is 0 Å². The van der Waals surface area contributed by atoms with Crippen LogP contribution >= 0.6 is 0 Å². The van der Waals surface area contributed by atoms with Crippen LogP contribution in [-0.4, -0.2) is 34.2 Å². The molecule has 1 aromatic heterocycles. The Balaban J connectivity index is 1.54. The zero-order valence-electron chi connectivity index (χ0n) is 15.9. The normalized spacial score (nSPS) is 27.8. The summed E-state index contributed by atoms with van der Waals surface area (Å²) in [6, 6.07) is 20.2. The van der Waals surface area contributed by atoms with Crippen molar-refractivity contribution < 1.29 is 4.52 Å². The molecular weight excluding hydrogens is 334 g/mol. The highest BCUT2D eigenvalue weighted by Gasteiger charge is 2.48. The molecule has 0 aliphatic carbocycles. The third kappa shape index (κ3) is 2.88. The van der Waals surface area contributed by atoms with Gasteiger partial charge in [-0.05, 0) is 44.7 Å². The first-order valence-corrected chi connectivity index (χ1v) is 9.88. The molecule has 5 rings (SSSR count). The molecule has 3 aromatic rings. The van der Waals surface area contributed by atoms with Gasteiger partial charge in [0.1, 0.15) is 0 Å². The lowest BCUT2D eigenvalue weighted by atomic mass is 9.76. The summed E-state index contributed by atoms with van der Waals surface area (Å²) in [5.74, 6) is 2.16. The molecule has 2 bridgehead atoms. The van der Waals surface area contributed by atoms with E-state index in [4.69, 9.17) is 9.51 Å². The number of rotatable bonds is 3. The van der Waals surface area contributed by atoms with Crippen molar-refractivity contribution in [1.82, 2.24) is 15.0 Å². The second-order valence-corrected chi connectivity index (χ2v) is 8.06. The highest BCUT2D eigenvalue weighted by atomic mass is 16.5. The Morgan fingerprint density at radius 2 is 1.78 bits per heavy atom. The Kier molecular flexibility index (Phi) is 4.09. The Bertz CT molecular complexity index is 918. The molecule has 0 saturated carbocycles. The van der Waals surface area contributed by atoms with Crippen LogP contribution in [-0.2, 0) is 0 Å². The van der Waals surface area contributed by atoms with Crippen LogP contribution in [0.25, 0.3) is 11.4 Å². The van der Waals surface area contributed by atoms with Gasteiger partial charge in [-0.3, -0.25) is 4.90 Å². The second kappa shape index (κ2) is 6.61. The molecule has 0 spiro atoms. The van der Waals surface area contributed by atoms with Crippen molar-refractivity contribution >= 4 is 0 Å². The smallest absolute Gasteiger partial charge is 0.232 e. The van der Waals surface area contributed by atoms with E-state index < -0.39 is 0 Å². The van der Waals surface area contributed by atoms with Gasteiger partial charge in [-0.15, -0.1) is 0 Å². The van der Waals surface area contributed by atoms with Crippen LogP contribution in [0.5, 0.6) is 0 Å². The molecule has 2 unspecified atom stereocenters. The van der Waals surface area contributed by atoms with Crippen molar-refractivity contribution in [3.8, 4) is 11.4 Å². The summed E-state index contributed by atoms with van der Waals surface area (Å²) in [4.78, 5) is 7.39. The predicted octanol–water partition coefficient (Wildman–Crippen LogP) is 4.78. The maximum Gasteiger partial charge on any atom is 0.232 e. The van der Waals surface area contributed by atoms with E-state index in [2.05, 4.69) is 48.3 Å². The van der Waals surface area contributed by atoms with Gasteiger partial charge < -0.3 is 4.52 Å². The van der Waals surface area contributed by atoms with Crippen LogP contribution < -0.4 is 0 Å². The van der Waals surface area contributed by atoms with Crippen molar-refractivity contribution in [3.05, 3.63) is 71.6 Å². The van der Waals surface area contributed by atoms with Crippen LogP contribution in [0.4, 0.5) is 0 Å². The third-order valence-electron chi connectivity index (χ3n) is 6.53. The molecule has 4 heteroatoms. The number of piperidine rings is 1. The van der Waals surface area contributed by atoms with Gasteiger partial charge in [-0.2, -0.15) is 4.98 Å². The summed E-state index contributed by atoms with van der Waals surface area (Å²) in [7, 11) is 2.26. The van der Waals surface area contributed by atoms with Crippen LogP contribution in [0.2, 0.25) is 0 Å². The Labute approximate surface area is 160 Å². The Morgan fingerprint density at radius 1 is 1.00 bits per heavy atom. The fourth-order valence-electron chi connectivity index (χ4n) is 5.03. The van der Waals surface area contributed by atoms with E-state index in [0.717, 1.165) is 17.9 Å². The average molecular weight is 359 g/mol. The summed E-state index contributed by atoms with van der Waals surface area (Å²) >= 11 is 0. The number of likely N-dealkylation sites (N-methyl/N-ethyl adjacent to an activating group) is 1. The first kappa shape index (κ1) is 16.7. The lowest BCUT2D eigenvalue weighted by Gasteiger charge is -2.41. The lowest BCUT2D eigenvalue weighted by Crippen LogP contribution is -2.44. The standard InChI is InChI=1S/C23H25N3O/c1-15-8-10-16(11-9-15)19-14-18-12-13-20(26(18)2)21(19)23-24-22(25-27-23)17-6-4-3-5-7-17/h3-11,18-21H,12-14H2,1-2H3/t18?,19-,20?,21+/m1/s1. The van der Waals surface area contributed by atoms with Gasteiger partial charge in [0, 0.05) is 17.6 Å². The van der Waals surface area contributed by atoms with Crippen LogP contribution in [0, 0.1) is 6.92 Å². The Morgan fingerprint density at radius 3 is 2.56 bits per heavy atom. The van der Waals surface area contributed by atoms with Crippen molar-refractivity contribution in [2.24, 2.45) is 0 Å². The maximum atomic E-state index is 5.85. The third-order valence-corrected chi connectivity index (χ3v) is 6.53.